The Morgan fingerprint density at radius 2 is 2.10 bits per heavy atom. The fourth-order valence-electron chi connectivity index (χ4n) is 1.53. The van der Waals surface area contributed by atoms with Gasteiger partial charge in [-0.05, 0) is 29.2 Å². The van der Waals surface area contributed by atoms with Gasteiger partial charge < -0.3 is 5.73 Å². The van der Waals surface area contributed by atoms with Crippen LogP contribution < -0.4 is 5.73 Å². The molecule has 1 heterocycles. The molecule has 3 nitrogen and oxygen atoms in total. The molecule has 0 amide bonds. The number of hydrogen-bond acceptors (Lipinski definition) is 5. The summed E-state index contributed by atoms with van der Waals surface area (Å²) in [7, 11) is 0. The number of benzene rings is 1. The maximum atomic E-state index is 13.1. The molecule has 1 aromatic heterocycles. The zero-order valence-corrected chi connectivity index (χ0v) is 12.2. The minimum Gasteiger partial charge on any atom is -0.326 e. The fraction of sp³-hybridized carbons (Fsp3) is 0.333. The van der Waals surface area contributed by atoms with Gasteiger partial charge in [0, 0.05) is 17.9 Å². The van der Waals surface area contributed by atoms with Gasteiger partial charge in [0.1, 0.15) is 5.82 Å². The highest BCUT2D eigenvalue weighted by Crippen LogP contribution is 2.40. The molecule has 1 aromatic carbocycles. The van der Waals surface area contributed by atoms with Crippen molar-refractivity contribution in [1.29, 1.82) is 0 Å². The van der Waals surface area contributed by atoms with Crippen LogP contribution in [0.25, 0.3) is 0 Å². The molecule has 20 heavy (non-hydrogen) atoms. The average molecular weight is 319 g/mol. The van der Waals surface area contributed by atoms with E-state index in [4.69, 9.17) is 5.73 Å². The van der Waals surface area contributed by atoms with Crippen molar-refractivity contribution in [2.75, 3.05) is 0 Å². The average Bonchev–Trinajstić information content (AvgIpc) is 2.85. The predicted molar refractivity (Wildman–Crippen MR) is 72.7 cm³/mol. The predicted octanol–water partition coefficient (Wildman–Crippen LogP) is 3.73. The van der Waals surface area contributed by atoms with E-state index in [-0.39, 0.29) is 11.4 Å². The van der Waals surface area contributed by atoms with Crippen LogP contribution in [-0.4, -0.2) is 9.36 Å². The molecule has 0 fully saturated rings. The Labute approximate surface area is 122 Å². The second kappa shape index (κ2) is 6.11. The summed E-state index contributed by atoms with van der Waals surface area (Å²) < 4.78 is 43.7. The first-order valence-corrected chi connectivity index (χ1v) is 7.43. The minimum absolute atomic E-state index is 0.0762. The van der Waals surface area contributed by atoms with Crippen molar-refractivity contribution in [2.24, 2.45) is 5.73 Å². The Bertz CT molecular complexity index is 596. The molecule has 0 aliphatic carbocycles. The van der Waals surface area contributed by atoms with Gasteiger partial charge in [0.15, 0.2) is 4.34 Å². The van der Waals surface area contributed by atoms with E-state index < -0.39 is 11.7 Å². The van der Waals surface area contributed by atoms with Crippen molar-refractivity contribution in [3.05, 3.63) is 35.2 Å². The molecule has 0 bridgehead atoms. The number of aryl methyl sites for hydroxylation is 1. The molecule has 0 radical (unpaired) electrons. The molecule has 8 heteroatoms. The number of alkyl halides is 3. The highest BCUT2D eigenvalue weighted by Gasteiger charge is 2.34. The Morgan fingerprint density at radius 3 is 2.65 bits per heavy atom. The second-order valence-corrected chi connectivity index (χ2v) is 6.01. The largest absolute Gasteiger partial charge is 0.417 e. The van der Waals surface area contributed by atoms with E-state index in [1.54, 1.807) is 6.07 Å². The maximum Gasteiger partial charge on any atom is 0.417 e. The first-order valence-electron chi connectivity index (χ1n) is 5.84. The van der Waals surface area contributed by atoms with E-state index in [0.29, 0.717) is 22.1 Å². The van der Waals surface area contributed by atoms with Crippen LogP contribution >= 0.6 is 23.3 Å². The van der Waals surface area contributed by atoms with E-state index >= 15 is 0 Å². The second-order valence-electron chi connectivity index (χ2n) is 3.96. The lowest BCUT2D eigenvalue weighted by Crippen LogP contribution is -2.08. The molecule has 0 saturated heterocycles. The third kappa shape index (κ3) is 3.50. The smallest absolute Gasteiger partial charge is 0.326 e. The summed E-state index contributed by atoms with van der Waals surface area (Å²) in [6, 6.07) is 4.12. The summed E-state index contributed by atoms with van der Waals surface area (Å²) >= 11 is 2.09. The van der Waals surface area contributed by atoms with Gasteiger partial charge in [-0.2, -0.15) is 17.5 Å². The van der Waals surface area contributed by atoms with E-state index in [1.165, 1.54) is 6.07 Å². The molecule has 0 spiro atoms. The van der Waals surface area contributed by atoms with Crippen LogP contribution in [0, 0.1) is 0 Å². The summed E-state index contributed by atoms with van der Waals surface area (Å²) in [5, 5.41) is 0. The molecule has 108 valence electrons. The monoisotopic (exact) mass is 319 g/mol. The number of halogens is 3. The third-order valence-corrected chi connectivity index (χ3v) is 4.41. The van der Waals surface area contributed by atoms with E-state index in [0.717, 1.165) is 29.4 Å². The van der Waals surface area contributed by atoms with E-state index in [2.05, 4.69) is 9.36 Å². The maximum absolute atomic E-state index is 13.1. The summed E-state index contributed by atoms with van der Waals surface area (Å²) in [5.41, 5.74) is 5.16. The normalized spacial score (nSPS) is 11.8. The molecule has 2 N–H and O–H groups in total. The molecule has 0 atom stereocenters. The van der Waals surface area contributed by atoms with Crippen molar-refractivity contribution in [1.82, 2.24) is 9.36 Å². The Kier molecular flexibility index (Phi) is 4.66. The van der Waals surface area contributed by atoms with Crippen LogP contribution in [0.1, 0.15) is 23.9 Å². The lowest BCUT2D eigenvalue weighted by Gasteiger charge is -2.12. The van der Waals surface area contributed by atoms with Crippen molar-refractivity contribution in [3.8, 4) is 0 Å². The van der Waals surface area contributed by atoms with Crippen molar-refractivity contribution in [3.63, 3.8) is 0 Å². The molecule has 0 saturated carbocycles. The molecular formula is C12H12F3N3S2. The first-order chi connectivity index (χ1) is 9.44. The highest BCUT2D eigenvalue weighted by atomic mass is 32.2. The van der Waals surface area contributed by atoms with Gasteiger partial charge >= 0.3 is 6.18 Å². The zero-order valence-electron chi connectivity index (χ0n) is 10.6. The quantitative estimate of drug-likeness (QED) is 0.933. The van der Waals surface area contributed by atoms with Crippen molar-refractivity contribution in [2.45, 2.75) is 35.3 Å². The van der Waals surface area contributed by atoms with Crippen LogP contribution in [0.15, 0.2) is 27.4 Å². The topological polar surface area (TPSA) is 51.8 Å². The summed E-state index contributed by atoms with van der Waals surface area (Å²) in [5.74, 6) is 0.643. The molecule has 2 aromatic rings. The Morgan fingerprint density at radius 1 is 1.35 bits per heavy atom. The number of nitrogens with two attached hydrogens (primary N) is 1. The third-order valence-electron chi connectivity index (χ3n) is 2.55. The van der Waals surface area contributed by atoms with Gasteiger partial charge in [0.2, 0.25) is 0 Å². The standard InChI is InChI=1S/C12H12F3N3S2/c1-2-10-17-11(20-18-10)19-9-4-3-7(6-16)5-8(9)12(13,14)15/h3-5H,2,6,16H2,1H3. The van der Waals surface area contributed by atoms with Crippen LogP contribution in [0.3, 0.4) is 0 Å². The van der Waals surface area contributed by atoms with Gasteiger partial charge in [0.25, 0.3) is 0 Å². The zero-order chi connectivity index (χ0) is 14.8. The summed E-state index contributed by atoms with van der Waals surface area (Å²) in [6.45, 7) is 1.97. The van der Waals surface area contributed by atoms with E-state index in [9.17, 15) is 13.2 Å². The van der Waals surface area contributed by atoms with Crippen molar-refractivity contribution >= 4 is 23.3 Å². The lowest BCUT2D eigenvalue weighted by molar-refractivity contribution is -0.139. The van der Waals surface area contributed by atoms with Gasteiger partial charge in [-0.1, -0.05) is 24.8 Å². The van der Waals surface area contributed by atoms with Gasteiger partial charge in [-0.15, -0.1) is 0 Å². The first kappa shape index (κ1) is 15.3. The van der Waals surface area contributed by atoms with Gasteiger partial charge in [-0.25, -0.2) is 4.98 Å². The summed E-state index contributed by atoms with van der Waals surface area (Å²) in [4.78, 5) is 4.29. The van der Waals surface area contributed by atoms with Gasteiger partial charge in [0.05, 0.1) is 5.56 Å². The Balaban J connectivity index is 2.35. The van der Waals surface area contributed by atoms with Crippen LogP contribution in [0.5, 0.6) is 0 Å². The minimum atomic E-state index is -4.41. The van der Waals surface area contributed by atoms with E-state index in [1.807, 2.05) is 6.92 Å². The number of rotatable bonds is 4. The lowest BCUT2D eigenvalue weighted by atomic mass is 10.1. The van der Waals surface area contributed by atoms with Crippen LogP contribution in [0.4, 0.5) is 13.2 Å². The molecular weight excluding hydrogens is 307 g/mol. The molecule has 2 rings (SSSR count). The molecule has 0 aliphatic rings. The van der Waals surface area contributed by atoms with Crippen LogP contribution in [0.2, 0.25) is 0 Å². The number of aromatic nitrogens is 2. The van der Waals surface area contributed by atoms with Crippen LogP contribution in [-0.2, 0) is 19.1 Å². The molecule has 0 unspecified atom stereocenters. The fourth-order valence-corrected chi connectivity index (χ4v) is 3.32. The number of hydrogen-bond donors (Lipinski definition) is 1. The highest BCUT2D eigenvalue weighted by molar-refractivity contribution is 8.01. The SMILES string of the molecule is CCc1nsc(Sc2ccc(CN)cc2C(F)(F)F)n1. The Hall–Kier alpha value is -1.12. The number of nitrogens with zero attached hydrogens (tertiary/aromatic N) is 2. The van der Waals surface area contributed by atoms with Crippen molar-refractivity contribution < 1.29 is 13.2 Å². The van der Waals surface area contributed by atoms with Gasteiger partial charge in [-0.3, -0.25) is 0 Å². The summed E-state index contributed by atoms with van der Waals surface area (Å²) in [6.07, 6.45) is -3.75. The molecule has 0 aliphatic heterocycles.